The third-order valence-corrected chi connectivity index (χ3v) is 22.3. The molecule has 3 rings (SSSR count). The number of carbonyl (C=O) groups is 1. The molecule has 3 aliphatic rings. The molecule has 0 aromatic carbocycles. The lowest BCUT2D eigenvalue weighted by molar-refractivity contribution is -0.379. The monoisotopic (exact) mass is 1540 g/mol. The second-order valence-electron chi connectivity index (χ2n) is 32.1. The third-order valence-electron chi connectivity index (χ3n) is 22.3. The van der Waals surface area contributed by atoms with E-state index in [0.717, 1.165) is 44.9 Å². The van der Waals surface area contributed by atoms with Crippen LogP contribution >= 0.6 is 0 Å². The molecule has 108 heavy (non-hydrogen) atoms. The number of aliphatic hydroxyl groups is 11. The average molecular weight is 1540 g/mol. The van der Waals surface area contributed by atoms with Crippen LogP contribution in [0, 0.1) is 0 Å². The predicted molar refractivity (Wildman–Crippen MR) is 434 cm³/mol. The van der Waals surface area contributed by atoms with Crippen LogP contribution < -0.4 is 5.32 Å². The summed E-state index contributed by atoms with van der Waals surface area (Å²) in [7, 11) is 0. The van der Waals surface area contributed by atoms with Gasteiger partial charge in [0.25, 0.3) is 0 Å². The third kappa shape index (κ3) is 47.6. The molecule has 0 aliphatic carbocycles. The Bertz CT molecular complexity index is 2130. The maximum atomic E-state index is 13.5. The van der Waals surface area contributed by atoms with Crippen molar-refractivity contribution in [2.75, 3.05) is 26.4 Å². The van der Waals surface area contributed by atoms with Gasteiger partial charge in [-0.25, -0.2) is 0 Å². The lowest BCUT2D eigenvalue weighted by Crippen LogP contribution is -2.66. The average Bonchev–Trinajstić information content (AvgIpc) is 0.779. The number of nitrogens with one attached hydrogen (secondary N) is 1. The fourth-order valence-corrected chi connectivity index (χ4v) is 15.2. The van der Waals surface area contributed by atoms with Gasteiger partial charge >= 0.3 is 0 Å². The Balaban J connectivity index is 1.34. The van der Waals surface area contributed by atoms with Crippen molar-refractivity contribution in [2.24, 2.45) is 0 Å². The van der Waals surface area contributed by atoms with E-state index in [1.165, 1.54) is 302 Å². The van der Waals surface area contributed by atoms with E-state index < -0.39 is 124 Å². The molecule has 3 aliphatic heterocycles. The van der Waals surface area contributed by atoms with Crippen molar-refractivity contribution < 1.29 is 89.4 Å². The number of aliphatic hydroxyl groups excluding tert-OH is 11. The molecule has 0 aromatic rings. The van der Waals surface area contributed by atoms with Gasteiger partial charge in [-0.15, -0.1) is 0 Å². The molecule has 19 nitrogen and oxygen atoms in total. The molecule has 0 saturated carbocycles. The smallest absolute Gasteiger partial charge is 0.220 e. The van der Waals surface area contributed by atoms with Gasteiger partial charge in [0.1, 0.15) is 73.2 Å². The summed E-state index contributed by atoms with van der Waals surface area (Å²) in [6.45, 7) is 1.77. The summed E-state index contributed by atoms with van der Waals surface area (Å²) in [5.41, 5.74) is 0. The molecule has 0 bridgehead atoms. The van der Waals surface area contributed by atoms with Crippen LogP contribution in [0.15, 0.2) is 48.6 Å². The Morgan fingerprint density at radius 1 is 0.333 bits per heavy atom. The van der Waals surface area contributed by atoms with E-state index in [9.17, 15) is 61.0 Å². The summed E-state index contributed by atoms with van der Waals surface area (Å²) in [6.07, 6.45) is 62.7. The Morgan fingerprint density at radius 2 is 0.620 bits per heavy atom. The minimum absolute atomic E-state index is 0.238. The Hall–Kier alpha value is -2.25. The zero-order valence-corrected chi connectivity index (χ0v) is 68.3. The molecule has 17 unspecified atom stereocenters. The van der Waals surface area contributed by atoms with E-state index in [2.05, 4.69) is 55.6 Å². The van der Waals surface area contributed by atoms with Gasteiger partial charge in [-0.05, 0) is 64.2 Å². The van der Waals surface area contributed by atoms with E-state index >= 15 is 0 Å². The van der Waals surface area contributed by atoms with Crippen molar-refractivity contribution in [3.8, 4) is 0 Å². The van der Waals surface area contributed by atoms with Gasteiger partial charge in [0.05, 0.1) is 38.6 Å². The van der Waals surface area contributed by atoms with Gasteiger partial charge < -0.3 is 89.9 Å². The Kier molecular flexibility index (Phi) is 63.9. The number of allylic oxidation sites excluding steroid dienone is 7. The van der Waals surface area contributed by atoms with E-state index in [0.29, 0.717) is 12.8 Å². The lowest BCUT2D eigenvalue weighted by atomic mass is 9.96. The minimum atomic E-state index is -1.98. The quantitative estimate of drug-likeness (QED) is 0.0199. The maximum absolute atomic E-state index is 13.5. The van der Waals surface area contributed by atoms with E-state index in [1.807, 2.05) is 6.08 Å². The molecule has 12 N–H and O–H groups in total. The van der Waals surface area contributed by atoms with Crippen LogP contribution in [-0.2, 0) is 33.2 Å². The molecule has 3 fully saturated rings. The van der Waals surface area contributed by atoms with Gasteiger partial charge in [0.2, 0.25) is 5.91 Å². The number of unbranched alkanes of at least 4 members (excludes halogenated alkanes) is 51. The Morgan fingerprint density at radius 3 is 0.981 bits per heavy atom. The normalized spacial score (nSPS) is 25.6. The summed E-state index contributed by atoms with van der Waals surface area (Å²) >= 11 is 0. The van der Waals surface area contributed by atoms with Crippen molar-refractivity contribution in [1.82, 2.24) is 5.32 Å². The second kappa shape index (κ2) is 69.1. The zero-order chi connectivity index (χ0) is 78.1. The first-order valence-corrected chi connectivity index (χ1v) is 44.9. The van der Waals surface area contributed by atoms with Gasteiger partial charge in [-0.3, -0.25) is 4.79 Å². The molecule has 0 aromatic heterocycles. The van der Waals surface area contributed by atoms with Crippen LogP contribution in [0.2, 0.25) is 0 Å². The summed E-state index contributed by atoms with van der Waals surface area (Å²) in [5, 5.41) is 121. The van der Waals surface area contributed by atoms with E-state index in [4.69, 9.17) is 28.4 Å². The molecule has 17 atom stereocenters. The summed E-state index contributed by atoms with van der Waals surface area (Å²) in [4.78, 5) is 13.5. The molecule has 19 heteroatoms. The first-order valence-electron chi connectivity index (χ1n) is 44.9. The van der Waals surface area contributed by atoms with Crippen molar-refractivity contribution in [1.29, 1.82) is 0 Å². The van der Waals surface area contributed by atoms with Crippen molar-refractivity contribution in [3.63, 3.8) is 0 Å². The van der Waals surface area contributed by atoms with Gasteiger partial charge in [-0.1, -0.05) is 358 Å². The van der Waals surface area contributed by atoms with Gasteiger partial charge in [0.15, 0.2) is 18.9 Å². The largest absolute Gasteiger partial charge is 0.394 e. The van der Waals surface area contributed by atoms with Crippen LogP contribution in [-0.4, -0.2) is 193 Å². The summed E-state index contributed by atoms with van der Waals surface area (Å²) in [5.74, 6) is -0.278. The molecular weight excluding hydrogens is 1370 g/mol. The number of hydrogen-bond acceptors (Lipinski definition) is 18. The molecule has 3 heterocycles. The highest BCUT2D eigenvalue weighted by Gasteiger charge is 2.54. The van der Waals surface area contributed by atoms with Crippen LogP contribution in [0.1, 0.15) is 380 Å². The summed E-state index contributed by atoms with van der Waals surface area (Å²) < 4.78 is 34.5. The number of ether oxygens (including phenoxy) is 6. The highest BCUT2D eigenvalue weighted by Crippen LogP contribution is 2.34. The molecule has 634 valence electrons. The van der Waals surface area contributed by atoms with Crippen molar-refractivity contribution in [3.05, 3.63) is 48.6 Å². The van der Waals surface area contributed by atoms with Crippen molar-refractivity contribution in [2.45, 2.75) is 484 Å². The molecule has 0 spiro atoms. The van der Waals surface area contributed by atoms with E-state index in [-0.39, 0.29) is 18.9 Å². The minimum Gasteiger partial charge on any atom is -0.394 e. The number of rotatable bonds is 73. The van der Waals surface area contributed by atoms with E-state index in [1.54, 1.807) is 6.08 Å². The van der Waals surface area contributed by atoms with Crippen LogP contribution in [0.5, 0.6) is 0 Å². The first-order chi connectivity index (χ1) is 52.8. The van der Waals surface area contributed by atoms with Gasteiger partial charge in [0, 0.05) is 6.42 Å². The maximum Gasteiger partial charge on any atom is 0.220 e. The SMILES string of the molecule is CCCCCCC/C=C\C/C=C\CCCCCCCCCCCCCCCCCCCCCCCC(=O)NC(COC1OC(CO)C(OC2OC(CO)C(OC3OC(CO)C(O)C(O)C3O)C(O)C2O)C(O)C1O)C(O)/C=C/CC/C=C/CCCCCCCCCCCCCCCCCCCCCCCCCC. The first kappa shape index (κ1) is 99.9. The number of hydrogen-bond donors (Lipinski definition) is 12. The molecular formula is C89H165NO18. The highest BCUT2D eigenvalue weighted by molar-refractivity contribution is 5.76. The van der Waals surface area contributed by atoms with Gasteiger partial charge in [-0.2, -0.15) is 0 Å². The van der Waals surface area contributed by atoms with Crippen LogP contribution in [0.3, 0.4) is 0 Å². The second-order valence-corrected chi connectivity index (χ2v) is 32.1. The molecule has 1 amide bonds. The topological polar surface area (TPSA) is 307 Å². The lowest BCUT2D eigenvalue weighted by Gasteiger charge is -2.48. The van der Waals surface area contributed by atoms with Crippen LogP contribution in [0.25, 0.3) is 0 Å². The Labute approximate surface area is 656 Å². The zero-order valence-electron chi connectivity index (χ0n) is 68.3. The fraction of sp³-hybridized carbons (Fsp3) is 0.899. The number of amides is 1. The summed E-state index contributed by atoms with van der Waals surface area (Å²) in [6, 6.07) is -0.992. The van der Waals surface area contributed by atoms with Crippen LogP contribution in [0.4, 0.5) is 0 Å². The fourth-order valence-electron chi connectivity index (χ4n) is 15.2. The molecule has 3 saturated heterocycles. The standard InChI is InChI=1S/C89H165NO18/c1-3-5-7-9-11-13-15-17-19-21-23-25-27-29-31-33-35-36-37-39-41-43-45-47-49-51-53-55-57-59-61-63-65-67-77(95)90-72(73(94)66-64-62-60-58-56-54-52-50-48-46-44-42-40-38-34-32-30-28-26-24-22-20-18-16-14-12-10-8-6-4-2)71-103-87-83(101)80(98)85(75(69-92)105-87)108-89-84(102)81(99)86(76(70-93)106-89)107-88-82(100)79(97)78(96)74(68-91)104-88/h15,17,21,23,56,58,64,66,72-76,78-89,91-94,96-102H,3-14,16,18-20,22,24-55,57,59-63,65,67-71H2,1-2H3,(H,90,95)/b17-15-,23-21-,58-56+,66-64+. The highest BCUT2D eigenvalue weighted by atomic mass is 16.8. The van der Waals surface area contributed by atoms with Crippen molar-refractivity contribution >= 4 is 5.91 Å². The number of carbonyl (C=O) groups excluding carboxylic acids is 1. The molecule has 0 radical (unpaired) electrons. The predicted octanol–water partition coefficient (Wildman–Crippen LogP) is 16.8.